The summed E-state index contributed by atoms with van der Waals surface area (Å²) >= 11 is 0. The minimum absolute atomic E-state index is 0. The van der Waals surface area contributed by atoms with Gasteiger partial charge in [0.15, 0.2) is 0 Å². The van der Waals surface area contributed by atoms with E-state index in [1.165, 1.54) is 6.92 Å². The van der Waals surface area contributed by atoms with Gasteiger partial charge in [-0.3, -0.25) is 16.2 Å². The van der Waals surface area contributed by atoms with Gasteiger partial charge in [0.1, 0.15) is 37.8 Å². The van der Waals surface area contributed by atoms with E-state index < -0.39 is 61.4 Å². The zero-order chi connectivity index (χ0) is 21.7. The van der Waals surface area contributed by atoms with E-state index in [0.717, 1.165) is 6.08 Å². The van der Waals surface area contributed by atoms with Crippen molar-refractivity contribution in [3.8, 4) is 0 Å². The van der Waals surface area contributed by atoms with E-state index in [-0.39, 0.29) is 38.3 Å². The Bertz CT molecular complexity index is 711. The molecule has 0 rings (SSSR count). The molecule has 0 aromatic heterocycles. The zero-order valence-corrected chi connectivity index (χ0v) is 18.9. The van der Waals surface area contributed by atoms with Gasteiger partial charge in [0, 0.05) is 44.4 Å². The average Bonchev–Trinajstić information content (AvgIpc) is 2.70. The fourth-order valence-electron chi connectivity index (χ4n) is 1.49. The number of ether oxygens (including phenoxy) is 4. The van der Waals surface area contributed by atoms with Gasteiger partial charge in [-0.1, -0.05) is 19.7 Å². The predicted molar refractivity (Wildman–Crippen MR) is 95.9 cm³/mol. The molecule has 0 fully saturated rings. The molecule has 0 saturated heterocycles. The molecular formula is C19H20NO8Y-. The second kappa shape index (κ2) is 14.4. The number of hydrogen-bond donors (Lipinski definition) is 0. The summed E-state index contributed by atoms with van der Waals surface area (Å²) in [6.07, 6.45) is 2.86. The third-order valence-corrected chi connectivity index (χ3v) is 3.08. The Morgan fingerprint density at radius 3 is 1.93 bits per heavy atom. The number of hydrogen-bond acceptors (Lipinski definition) is 8. The molecule has 153 valence electrons. The summed E-state index contributed by atoms with van der Waals surface area (Å²) in [5.41, 5.74) is -1.88. The van der Waals surface area contributed by atoms with E-state index in [1.807, 2.05) is 6.08 Å². The topological polar surface area (TPSA) is 110 Å². The molecule has 0 amide bonds. The van der Waals surface area contributed by atoms with E-state index >= 15 is 0 Å². The first-order chi connectivity index (χ1) is 13.1. The number of nitrogens with zero attached hydrogens (tertiary/aromatic N) is 1. The standard InChI is InChI=1S/C19H20NO8.Y/c1-7-15(21)25-9-19(10-26-16(22)8-2,11-27-17(23)13(3)4)12-28-18(24)14(5)20-6;/h7H,1-3,5,9-12H2,4H3;/q-1;. The first-order valence-corrected chi connectivity index (χ1v) is 7.66. The van der Waals surface area contributed by atoms with Crippen molar-refractivity contribution >= 4 is 23.9 Å². The van der Waals surface area contributed by atoms with Crippen LogP contribution in [0.4, 0.5) is 0 Å². The summed E-state index contributed by atoms with van der Waals surface area (Å²) in [4.78, 5) is 49.1. The van der Waals surface area contributed by atoms with Crippen molar-refractivity contribution in [1.29, 1.82) is 0 Å². The van der Waals surface area contributed by atoms with Crippen LogP contribution >= 0.6 is 0 Å². The molecule has 29 heavy (non-hydrogen) atoms. The molecule has 0 aromatic carbocycles. The quantitative estimate of drug-likeness (QED) is 0.179. The maximum atomic E-state index is 11.7. The van der Waals surface area contributed by atoms with E-state index in [2.05, 4.69) is 31.2 Å². The summed E-state index contributed by atoms with van der Waals surface area (Å²) in [6.45, 7) is 19.3. The summed E-state index contributed by atoms with van der Waals surface area (Å²) in [7, 11) is 0. The molecule has 0 aliphatic heterocycles. The first kappa shape index (κ1) is 28.6. The molecule has 1 unspecified atom stereocenters. The SMILES string of the molecule is [C-]#[N+]C(=C)C(=O)OCC(COC(=O)[C-]=C)(COC(=O)C=C)COC(=O)C(=C)C.[Y]. The Labute approximate surface area is 194 Å². The van der Waals surface area contributed by atoms with Crippen LogP contribution < -0.4 is 0 Å². The molecule has 1 atom stereocenters. The predicted octanol–water partition coefficient (Wildman–Crippen LogP) is 1.33. The third kappa shape index (κ3) is 11.1. The van der Waals surface area contributed by atoms with E-state index in [4.69, 9.17) is 25.5 Å². The Morgan fingerprint density at radius 2 is 1.48 bits per heavy atom. The first-order valence-electron chi connectivity index (χ1n) is 7.66. The van der Waals surface area contributed by atoms with Crippen LogP contribution in [0.25, 0.3) is 4.85 Å². The Morgan fingerprint density at radius 1 is 1.00 bits per heavy atom. The van der Waals surface area contributed by atoms with Crippen LogP contribution in [0.3, 0.4) is 0 Å². The number of carbonyl (C=O) groups is 4. The third-order valence-electron chi connectivity index (χ3n) is 3.08. The molecule has 0 bridgehead atoms. The molecule has 9 nitrogen and oxygen atoms in total. The molecule has 0 spiro atoms. The molecule has 0 aromatic rings. The molecular weight excluding hydrogens is 459 g/mol. The fraction of sp³-hybridized carbons (Fsp3) is 0.316. The smallest absolute Gasteiger partial charge is 0.335 e. The van der Waals surface area contributed by atoms with Gasteiger partial charge in [0.25, 0.3) is 5.70 Å². The minimum atomic E-state index is -1.48. The number of esters is 4. The molecule has 0 heterocycles. The van der Waals surface area contributed by atoms with E-state index in [1.54, 1.807) is 0 Å². The maximum Gasteiger partial charge on any atom is 0.335 e. The monoisotopic (exact) mass is 479 g/mol. The van der Waals surface area contributed by atoms with Crippen LogP contribution in [0.2, 0.25) is 0 Å². The van der Waals surface area contributed by atoms with Crippen molar-refractivity contribution < 1.29 is 70.8 Å². The summed E-state index contributed by atoms with van der Waals surface area (Å²) in [5, 5.41) is 0. The average molecular weight is 479 g/mol. The largest absolute Gasteiger partial charge is 0.489 e. The Balaban J connectivity index is 0. The normalized spacial score (nSPS) is 11.2. The van der Waals surface area contributed by atoms with E-state index in [0.29, 0.717) is 0 Å². The zero-order valence-electron chi connectivity index (χ0n) is 16.0. The van der Waals surface area contributed by atoms with Crippen LogP contribution in [-0.2, 0) is 70.8 Å². The van der Waals surface area contributed by atoms with Gasteiger partial charge in [0.05, 0.1) is 6.57 Å². The summed E-state index contributed by atoms with van der Waals surface area (Å²) < 4.78 is 19.9. The minimum Gasteiger partial charge on any atom is -0.489 e. The van der Waals surface area contributed by atoms with Crippen molar-refractivity contribution in [1.82, 2.24) is 0 Å². The molecule has 1 radical (unpaired) electrons. The Hall–Kier alpha value is -2.57. The second-order valence-corrected chi connectivity index (χ2v) is 5.56. The van der Waals surface area contributed by atoms with Crippen LogP contribution in [0.5, 0.6) is 0 Å². The summed E-state index contributed by atoms with van der Waals surface area (Å²) in [5.74, 6) is -3.54. The van der Waals surface area contributed by atoms with Crippen LogP contribution in [0, 0.1) is 18.1 Å². The van der Waals surface area contributed by atoms with Crippen molar-refractivity contribution in [2.45, 2.75) is 6.92 Å². The molecule has 0 N–H and O–H groups in total. The van der Waals surface area contributed by atoms with Crippen LogP contribution in [-0.4, -0.2) is 50.3 Å². The maximum absolute atomic E-state index is 11.7. The molecule has 0 aliphatic carbocycles. The van der Waals surface area contributed by atoms with Crippen molar-refractivity contribution in [2.24, 2.45) is 5.41 Å². The number of rotatable bonds is 12. The van der Waals surface area contributed by atoms with Crippen LogP contribution in [0.15, 0.2) is 43.7 Å². The van der Waals surface area contributed by atoms with Crippen molar-refractivity contribution in [3.63, 3.8) is 0 Å². The number of carbonyl (C=O) groups excluding carboxylic acids is 4. The van der Waals surface area contributed by atoms with Gasteiger partial charge < -0.3 is 25.0 Å². The summed E-state index contributed by atoms with van der Waals surface area (Å²) in [6, 6.07) is 0. The van der Waals surface area contributed by atoms with Crippen molar-refractivity contribution in [2.75, 3.05) is 26.4 Å². The van der Waals surface area contributed by atoms with Gasteiger partial charge >= 0.3 is 17.9 Å². The van der Waals surface area contributed by atoms with Gasteiger partial charge in [0.2, 0.25) is 0 Å². The fourth-order valence-corrected chi connectivity index (χ4v) is 1.49. The molecule has 10 heteroatoms. The van der Waals surface area contributed by atoms with E-state index in [9.17, 15) is 19.2 Å². The Kier molecular flexibility index (Phi) is 14.3. The van der Waals surface area contributed by atoms with Gasteiger partial charge in [-0.05, 0) is 6.92 Å². The van der Waals surface area contributed by atoms with Gasteiger partial charge in [-0.25, -0.2) is 14.4 Å². The van der Waals surface area contributed by atoms with Gasteiger partial charge in [-0.2, -0.15) is 0 Å². The molecule has 0 aliphatic rings. The van der Waals surface area contributed by atoms with Crippen LogP contribution in [0.1, 0.15) is 6.92 Å². The second-order valence-electron chi connectivity index (χ2n) is 5.56. The van der Waals surface area contributed by atoms with Crippen molar-refractivity contribution in [3.05, 3.63) is 61.2 Å². The van der Waals surface area contributed by atoms with Gasteiger partial charge in [-0.15, -0.1) is 0 Å². The molecule has 0 saturated carbocycles.